The number of hydrogen-bond acceptors (Lipinski definition) is 4. The van der Waals surface area contributed by atoms with E-state index in [1.165, 1.54) is 0 Å². The van der Waals surface area contributed by atoms with Crippen LogP contribution in [-0.4, -0.2) is 48.8 Å². The molecule has 28 heavy (non-hydrogen) atoms. The number of alkyl carbamates (subject to hydrolysis) is 1. The van der Waals surface area contributed by atoms with Crippen molar-refractivity contribution in [3.8, 4) is 6.07 Å². The van der Waals surface area contributed by atoms with E-state index in [0.717, 1.165) is 5.56 Å². The Balaban J connectivity index is 1.72. The summed E-state index contributed by atoms with van der Waals surface area (Å²) in [6, 6.07) is 12.3. The third-order valence-electron chi connectivity index (χ3n) is 4.70. The Labute approximate surface area is 167 Å². The van der Waals surface area contributed by atoms with Crippen molar-refractivity contribution < 1.29 is 14.3 Å². The molecular weight excluding hydrogens is 356 g/mol. The van der Waals surface area contributed by atoms with Crippen LogP contribution in [0, 0.1) is 16.7 Å². The van der Waals surface area contributed by atoms with E-state index in [4.69, 9.17) is 4.74 Å². The number of hydrogen-bond donors (Lipinski definition) is 2. The van der Waals surface area contributed by atoms with Gasteiger partial charge in [-0.1, -0.05) is 30.3 Å². The summed E-state index contributed by atoms with van der Waals surface area (Å²) < 4.78 is 5.14. The molecule has 3 amide bonds. The molecule has 1 saturated heterocycles. The van der Waals surface area contributed by atoms with Crippen LogP contribution in [0.5, 0.6) is 0 Å². The zero-order valence-electron chi connectivity index (χ0n) is 17.0. The summed E-state index contributed by atoms with van der Waals surface area (Å²) in [6.45, 7) is 7.10. The lowest BCUT2D eigenvalue weighted by molar-refractivity contribution is 0.0528. The fourth-order valence-corrected chi connectivity index (χ4v) is 3.21. The summed E-state index contributed by atoms with van der Waals surface area (Å²) >= 11 is 0. The molecule has 0 aromatic heterocycles. The first-order valence-electron chi connectivity index (χ1n) is 9.68. The van der Waals surface area contributed by atoms with Crippen LogP contribution in [0.15, 0.2) is 30.3 Å². The zero-order valence-corrected chi connectivity index (χ0v) is 17.0. The molecule has 1 aromatic rings. The maximum absolute atomic E-state index is 12.3. The summed E-state index contributed by atoms with van der Waals surface area (Å²) in [5.74, 6) is 0. The number of urea groups is 1. The summed E-state index contributed by atoms with van der Waals surface area (Å²) in [5, 5.41) is 15.1. The van der Waals surface area contributed by atoms with E-state index in [1.807, 2.05) is 30.3 Å². The quantitative estimate of drug-likeness (QED) is 0.761. The van der Waals surface area contributed by atoms with Gasteiger partial charge in [0.2, 0.25) is 0 Å². The molecule has 0 radical (unpaired) electrons. The average Bonchev–Trinajstić information content (AvgIpc) is 2.65. The van der Waals surface area contributed by atoms with E-state index in [-0.39, 0.29) is 6.03 Å². The molecule has 2 N–H and O–H groups in total. The minimum Gasteiger partial charge on any atom is -0.444 e. The predicted octanol–water partition coefficient (Wildman–Crippen LogP) is 3.07. The van der Waals surface area contributed by atoms with Crippen LogP contribution in [0.25, 0.3) is 0 Å². The van der Waals surface area contributed by atoms with Gasteiger partial charge in [-0.3, -0.25) is 0 Å². The number of nitriles is 1. The number of rotatable bonds is 5. The van der Waals surface area contributed by atoms with Gasteiger partial charge in [0.25, 0.3) is 0 Å². The fourth-order valence-electron chi connectivity index (χ4n) is 3.21. The highest BCUT2D eigenvalue weighted by Gasteiger charge is 2.36. The van der Waals surface area contributed by atoms with Gasteiger partial charge in [0.1, 0.15) is 5.60 Å². The molecule has 1 aliphatic heterocycles. The van der Waals surface area contributed by atoms with Crippen molar-refractivity contribution >= 4 is 12.1 Å². The van der Waals surface area contributed by atoms with E-state index >= 15 is 0 Å². The molecule has 1 heterocycles. The van der Waals surface area contributed by atoms with Crippen molar-refractivity contribution in [2.45, 2.75) is 45.6 Å². The number of piperidine rings is 1. The van der Waals surface area contributed by atoms with Gasteiger partial charge in [0.05, 0.1) is 11.5 Å². The predicted molar refractivity (Wildman–Crippen MR) is 107 cm³/mol. The highest BCUT2D eigenvalue weighted by atomic mass is 16.6. The number of ether oxygens (including phenoxy) is 1. The second-order valence-corrected chi connectivity index (χ2v) is 8.20. The molecule has 1 aliphatic rings. The van der Waals surface area contributed by atoms with Gasteiger partial charge in [-0.05, 0) is 45.6 Å². The highest BCUT2D eigenvalue weighted by Crippen LogP contribution is 2.34. The van der Waals surface area contributed by atoms with Crippen LogP contribution in [0.3, 0.4) is 0 Å². The fraction of sp³-hybridized carbons (Fsp3) is 0.571. The maximum Gasteiger partial charge on any atom is 0.407 e. The molecule has 152 valence electrons. The van der Waals surface area contributed by atoms with Crippen LogP contribution >= 0.6 is 0 Å². The van der Waals surface area contributed by atoms with Crippen molar-refractivity contribution in [3.63, 3.8) is 0 Å². The number of nitrogens with zero attached hydrogens (tertiary/aromatic N) is 2. The molecule has 7 heteroatoms. The Bertz CT molecular complexity index is 699. The van der Waals surface area contributed by atoms with Crippen molar-refractivity contribution in [3.05, 3.63) is 35.9 Å². The molecule has 1 aromatic carbocycles. The Morgan fingerprint density at radius 2 is 1.75 bits per heavy atom. The lowest BCUT2D eigenvalue weighted by Crippen LogP contribution is -2.49. The smallest absolute Gasteiger partial charge is 0.407 e. The highest BCUT2D eigenvalue weighted by molar-refractivity contribution is 5.74. The number of nitrogens with one attached hydrogen (secondary N) is 2. The minimum atomic E-state index is -0.547. The van der Waals surface area contributed by atoms with Crippen LogP contribution in [0.2, 0.25) is 0 Å². The van der Waals surface area contributed by atoms with Gasteiger partial charge in [0.15, 0.2) is 0 Å². The number of carbonyl (C=O) groups excluding carboxylic acids is 2. The summed E-state index contributed by atoms with van der Waals surface area (Å²) in [4.78, 5) is 25.6. The Morgan fingerprint density at radius 1 is 1.14 bits per heavy atom. The zero-order chi connectivity index (χ0) is 20.6. The molecule has 0 bridgehead atoms. The Morgan fingerprint density at radius 3 is 2.32 bits per heavy atom. The average molecular weight is 386 g/mol. The van der Waals surface area contributed by atoms with E-state index < -0.39 is 17.1 Å². The molecule has 0 unspecified atom stereocenters. The molecule has 0 atom stereocenters. The van der Waals surface area contributed by atoms with E-state index in [9.17, 15) is 14.9 Å². The molecular formula is C21H30N4O3. The molecule has 0 spiro atoms. The number of carbonyl (C=O) groups is 2. The second-order valence-electron chi connectivity index (χ2n) is 8.20. The minimum absolute atomic E-state index is 0.169. The van der Waals surface area contributed by atoms with Gasteiger partial charge >= 0.3 is 12.1 Å². The first-order chi connectivity index (χ1) is 13.2. The third-order valence-corrected chi connectivity index (χ3v) is 4.70. The lowest BCUT2D eigenvalue weighted by atomic mass is 9.75. The second kappa shape index (κ2) is 9.45. The normalized spacial score (nSPS) is 16.0. The maximum atomic E-state index is 12.3. The summed E-state index contributed by atoms with van der Waals surface area (Å²) in [5.41, 5.74) is 0.181. The summed E-state index contributed by atoms with van der Waals surface area (Å²) in [7, 11) is 0. The van der Waals surface area contributed by atoms with Gasteiger partial charge in [0, 0.05) is 26.2 Å². The number of amides is 3. The molecule has 7 nitrogen and oxygen atoms in total. The van der Waals surface area contributed by atoms with E-state index in [2.05, 4.69) is 16.7 Å². The molecule has 2 rings (SSSR count). The molecule has 0 aliphatic carbocycles. The molecule has 0 saturated carbocycles. The van der Waals surface area contributed by atoms with Crippen LogP contribution in [0.4, 0.5) is 9.59 Å². The first-order valence-corrected chi connectivity index (χ1v) is 9.68. The van der Waals surface area contributed by atoms with Crippen molar-refractivity contribution in [2.75, 3.05) is 26.2 Å². The SMILES string of the molecule is CC(C)(C)OC(=O)NCCNC(=O)N1CCC(C#N)(Cc2ccccc2)CC1. The van der Waals surface area contributed by atoms with Gasteiger partial charge < -0.3 is 20.3 Å². The van der Waals surface area contributed by atoms with Crippen molar-refractivity contribution in [2.24, 2.45) is 5.41 Å². The van der Waals surface area contributed by atoms with Gasteiger partial charge in [-0.25, -0.2) is 9.59 Å². The van der Waals surface area contributed by atoms with Crippen LogP contribution in [0.1, 0.15) is 39.2 Å². The van der Waals surface area contributed by atoms with E-state index in [0.29, 0.717) is 45.4 Å². The standard InChI is InChI=1S/C21H30N4O3/c1-20(2,3)28-19(27)24-12-11-23-18(26)25-13-9-21(16-22,10-14-25)15-17-7-5-4-6-8-17/h4-8H,9-15H2,1-3H3,(H,23,26)(H,24,27). The number of likely N-dealkylation sites (tertiary alicyclic amines) is 1. The Kier molecular flexibility index (Phi) is 7.27. The third kappa shape index (κ3) is 6.76. The van der Waals surface area contributed by atoms with Crippen molar-refractivity contribution in [1.82, 2.24) is 15.5 Å². The van der Waals surface area contributed by atoms with Gasteiger partial charge in [-0.15, -0.1) is 0 Å². The Hall–Kier alpha value is -2.75. The van der Waals surface area contributed by atoms with E-state index in [1.54, 1.807) is 25.7 Å². The largest absolute Gasteiger partial charge is 0.444 e. The van der Waals surface area contributed by atoms with Crippen molar-refractivity contribution in [1.29, 1.82) is 5.26 Å². The van der Waals surface area contributed by atoms with Crippen LogP contribution in [-0.2, 0) is 11.2 Å². The lowest BCUT2D eigenvalue weighted by Gasteiger charge is -2.37. The summed E-state index contributed by atoms with van der Waals surface area (Å²) in [6.07, 6.45) is 1.52. The van der Waals surface area contributed by atoms with Gasteiger partial charge in [-0.2, -0.15) is 5.26 Å². The monoisotopic (exact) mass is 386 g/mol. The number of benzene rings is 1. The topological polar surface area (TPSA) is 94.5 Å². The first kappa shape index (κ1) is 21.5. The van der Waals surface area contributed by atoms with Crippen LogP contribution < -0.4 is 10.6 Å². The molecule has 1 fully saturated rings.